The van der Waals surface area contributed by atoms with E-state index in [1.54, 1.807) is 0 Å². The van der Waals surface area contributed by atoms with Crippen LogP contribution in [0.15, 0.2) is 0 Å². The first-order chi connectivity index (χ1) is 5.54. The smallest absolute Gasteiger partial charge is 0.110 e. The number of hydrogen-bond acceptors (Lipinski definition) is 6. The third kappa shape index (κ3) is 3.02. The first-order valence-electron chi connectivity index (χ1n) is 3.56. The van der Waals surface area contributed by atoms with Crippen LogP contribution < -0.4 is 5.73 Å². The van der Waals surface area contributed by atoms with Gasteiger partial charge in [-0.05, 0) is 0 Å². The summed E-state index contributed by atoms with van der Waals surface area (Å²) in [5, 5.41) is 43.8. The lowest BCUT2D eigenvalue weighted by Crippen LogP contribution is -2.50. The summed E-state index contributed by atoms with van der Waals surface area (Å²) in [5.74, 6) is 0. The second-order valence-electron chi connectivity index (χ2n) is 2.58. The Morgan fingerprint density at radius 1 is 0.917 bits per heavy atom. The van der Waals surface area contributed by atoms with Crippen molar-refractivity contribution in [1.29, 1.82) is 0 Å². The molecule has 0 radical (unpaired) electrons. The fraction of sp³-hybridized carbons (Fsp3) is 1.00. The molecule has 0 bridgehead atoms. The summed E-state index contributed by atoms with van der Waals surface area (Å²) in [6, 6.07) is -1.03. The van der Waals surface area contributed by atoms with Gasteiger partial charge in [0.05, 0.1) is 25.4 Å². The Kier molecular flexibility index (Phi) is 5.31. The van der Waals surface area contributed by atoms with Crippen LogP contribution in [0.4, 0.5) is 0 Å². The average Bonchev–Trinajstić information content (AvgIpc) is 2.12. The normalized spacial score (nSPS) is 21.5. The largest absolute Gasteiger partial charge is 0.395 e. The summed E-state index contributed by atoms with van der Waals surface area (Å²) < 4.78 is 0. The molecule has 0 unspecified atom stereocenters. The molecule has 0 rings (SSSR count). The van der Waals surface area contributed by atoms with Gasteiger partial charge in [-0.3, -0.25) is 0 Å². The number of hydrogen-bond donors (Lipinski definition) is 6. The topological polar surface area (TPSA) is 127 Å². The fourth-order valence-electron chi connectivity index (χ4n) is 0.697. The molecule has 0 aromatic rings. The van der Waals surface area contributed by atoms with Gasteiger partial charge >= 0.3 is 0 Å². The van der Waals surface area contributed by atoms with E-state index >= 15 is 0 Å². The standard InChI is InChI=1S/C6H15NO5/c7-3(1-8)5(11)6(12)4(10)2-9/h3-6,8-12H,1-2,7H2/t3-,4+,5+,6-/m0/s1. The lowest BCUT2D eigenvalue weighted by atomic mass is 10.0. The molecule has 0 fully saturated rings. The number of aliphatic hydroxyl groups is 5. The second-order valence-corrected chi connectivity index (χ2v) is 2.58. The lowest BCUT2D eigenvalue weighted by Gasteiger charge is -2.24. The third-order valence-electron chi connectivity index (χ3n) is 1.58. The van der Waals surface area contributed by atoms with Crippen LogP contribution in [-0.4, -0.2) is 63.1 Å². The summed E-state index contributed by atoms with van der Waals surface area (Å²) in [7, 11) is 0. The summed E-state index contributed by atoms with van der Waals surface area (Å²) in [4.78, 5) is 0. The van der Waals surface area contributed by atoms with Gasteiger partial charge in [0.2, 0.25) is 0 Å². The minimum atomic E-state index is -1.54. The molecular weight excluding hydrogens is 166 g/mol. The van der Waals surface area contributed by atoms with Crippen LogP contribution in [0.3, 0.4) is 0 Å². The van der Waals surface area contributed by atoms with E-state index in [0.717, 1.165) is 0 Å². The molecule has 74 valence electrons. The molecule has 0 heterocycles. The van der Waals surface area contributed by atoms with Crippen LogP contribution in [0, 0.1) is 0 Å². The van der Waals surface area contributed by atoms with Gasteiger partial charge in [-0.25, -0.2) is 0 Å². The molecule has 0 aromatic heterocycles. The van der Waals surface area contributed by atoms with Gasteiger partial charge < -0.3 is 31.3 Å². The van der Waals surface area contributed by atoms with E-state index in [1.807, 2.05) is 0 Å². The quantitative estimate of drug-likeness (QED) is 0.260. The van der Waals surface area contributed by atoms with Crippen molar-refractivity contribution in [3.8, 4) is 0 Å². The average molecular weight is 181 g/mol. The summed E-state index contributed by atoms with van der Waals surface area (Å²) in [6.45, 7) is -1.17. The SMILES string of the molecule is N[C@@H](CO)[C@@H](O)[C@@H](O)[C@H](O)CO. The van der Waals surface area contributed by atoms with Crippen molar-refractivity contribution in [3.05, 3.63) is 0 Å². The van der Waals surface area contributed by atoms with E-state index < -0.39 is 37.6 Å². The van der Waals surface area contributed by atoms with Crippen LogP contribution >= 0.6 is 0 Å². The number of rotatable bonds is 5. The summed E-state index contributed by atoms with van der Waals surface area (Å²) in [6.07, 6.45) is -4.44. The number of nitrogens with two attached hydrogens (primary N) is 1. The molecule has 0 saturated heterocycles. The molecule has 0 amide bonds. The zero-order chi connectivity index (χ0) is 9.72. The van der Waals surface area contributed by atoms with E-state index in [9.17, 15) is 0 Å². The van der Waals surface area contributed by atoms with Crippen molar-refractivity contribution in [3.63, 3.8) is 0 Å². The van der Waals surface area contributed by atoms with Crippen LogP contribution in [0.25, 0.3) is 0 Å². The van der Waals surface area contributed by atoms with E-state index in [1.165, 1.54) is 0 Å². The molecule has 6 heteroatoms. The van der Waals surface area contributed by atoms with Crippen LogP contribution in [0.2, 0.25) is 0 Å². The van der Waals surface area contributed by atoms with Crippen molar-refractivity contribution >= 4 is 0 Å². The Balaban J connectivity index is 3.99. The van der Waals surface area contributed by atoms with Crippen molar-refractivity contribution in [2.24, 2.45) is 5.73 Å². The maximum atomic E-state index is 9.08. The zero-order valence-electron chi connectivity index (χ0n) is 6.54. The van der Waals surface area contributed by atoms with Crippen molar-refractivity contribution in [1.82, 2.24) is 0 Å². The number of aliphatic hydroxyl groups excluding tert-OH is 5. The minimum Gasteiger partial charge on any atom is -0.395 e. The Morgan fingerprint density at radius 3 is 1.75 bits per heavy atom. The van der Waals surface area contributed by atoms with E-state index in [-0.39, 0.29) is 0 Å². The fourth-order valence-corrected chi connectivity index (χ4v) is 0.697. The zero-order valence-corrected chi connectivity index (χ0v) is 6.54. The molecular formula is C6H15NO5. The van der Waals surface area contributed by atoms with Crippen LogP contribution in [0.1, 0.15) is 0 Å². The highest BCUT2D eigenvalue weighted by atomic mass is 16.4. The first-order valence-corrected chi connectivity index (χ1v) is 3.56. The Labute approximate surface area is 69.9 Å². The maximum Gasteiger partial charge on any atom is 0.110 e. The molecule has 12 heavy (non-hydrogen) atoms. The van der Waals surface area contributed by atoms with Gasteiger partial charge in [0.15, 0.2) is 0 Å². The van der Waals surface area contributed by atoms with Crippen molar-refractivity contribution in [2.45, 2.75) is 24.4 Å². The van der Waals surface area contributed by atoms with Crippen molar-refractivity contribution < 1.29 is 25.5 Å². The maximum absolute atomic E-state index is 9.08. The summed E-state index contributed by atoms with van der Waals surface area (Å²) >= 11 is 0. The predicted molar refractivity (Wildman–Crippen MR) is 40.2 cm³/mol. The molecule has 6 nitrogen and oxygen atoms in total. The second kappa shape index (κ2) is 5.41. The van der Waals surface area contributed by atoms with E-state index in [4.69, 9.17) is 31.3 Å². The van der Waals surface area contributed by atoms with E-state index in [2.05, 4.69) is 0 Å². The highest BCUT2D eigenvalue weighted by Crippen LogP contribution is 2.02. The molecule has 0 aliphatic carbocycles. The van der Waals surface area contributed by atoms with Gasteiger partial charge in [-0.1, -0.05) is 0 Å². The monoisotopic (exact) mass is 181 g/mol. The highest BCUT2D eigenvalue weighted by molar-refractivity contribution is 4.82. The Hall–Kier alpha value is -0.240. The molecule has 0 saturated carbocycles. The van der Waals surface area contributed by atoms with Gasteiger partial charge in [-0.2, -0.15) is 0 Å². The van der Waals surface area contributed by atoms with Gasteiger partial charge in [0.25, 0.3) is 0 Å². The van der Waals surface area contributed by atoms with Crippen molar-refractivity contribution in [2.75, 3.05) is 13.2 Å². The lowest BCUT2D eigenvalue weighted by molar-refractivity contribution is -0.0873. The predicted octanol–water partition coefficient (Wildman–Crippen LogP) is -3.62. The van der Waals surface area contributed by atoms with Crippen LogP contribution in [0.5, 0.6) is 0 Å². The van der Waals surface area contributed by atoms with Gasteiger partial charge in [0, 0.05) is 0 Å². The van der Waals surface area contributed by atoms with E-state index in [0.29, 0.717) is 0 Å². The van der Waals surface area contributed by atoms with Gasteiger partial charge in [0.1, 0.15) is 12.2 Å². The molecule has 0 aliphatic heterocycles. The Bertz CT molecular complexity index is 109. The molecule has 0 aliphatic rings. The minimum absolute atomic E-state index is 0.504. The molecule has 0 aromatic carbocycles. The van der Waals surface area contributed by atoms with Gasteiger partial charge in [-0.15, -0.1) is 0 Å². The first kappa shape index (κ1) is 11.8. The third-order valence-corrected chi connectivity index (χ3v) is 1.58. The molecule has 4 atom stereocenters. The Morgan fingerprint density at radius 2 is 1.42 bits per heavy atom. The molecule has 7 N–H and O–H groups in total. The highest BCUT2D eigenvalue weighted by Gasteiger charge is 2.28. The summed E-state index contributed by atoms with van der Waals surface area (Å²) in [5.41, 5.74) is 5.16. The molecule has 0 spiro atoms. The van der Waals surface area contributed by atoms with Crippen LogP contribution in [-0.2, 0) is 0 Å².